The third-order valence-electron chi connectivity index (χ3n) is 2.62. The molecule has 3 nitrogen and oxygen atoms in total. The van der Waals surface area contributed by atoms with Gasteiger partial charge in [-0.3, -0.25) is 4.79 Å². The van der Waals surface area contributed by atoms with Gasteiger partial charge in [-0.1, -0.05) is 12.1 Å². The van der Waals surface area contributed by atoms with Gasteiger partial charge in [-0.15, -0.1) is 23.1 Å². The van der Waals surface area contributed by atoms with Crippen molar-refractivity contribution in [2.24, 2.45) is 0 Å². The first-order chi connectivity index (χ1) is 9.15. The molecule has 0 fully saturated rings. The average Bonchev–Trinajstić information content (AvgIpc) is 2.89. The van der Waals surface area contributed by atoms with Crippen molar-refractivity contribution in [2.45, 2.75) is 11.4 Å². The van der Waals surface area contributed by atoms with E-state index in [1.54, 1.807) is 16.2 Å². The molecule has 1 aromatic carbocycles. The van der Waals surface area contributed by atoms with E-state index in [-0.39, 0.29) is 5.91 Å². The van der Waals surface area contributed by atoms with Crippen LogP contribution in [0, 0.1) is 0 Å². The van der Waals surface area contributed by atoms with E-state index >= 15 is 0 Å². The topological polar surface area (TPSA) is 46.3 Å². The third-order valence-corrected chi connectivity index (χ3v) is 4.46. The Hall–Kier alpha value is -1.46. The molecular formula is C14H16N2OS2. The number of anilines is 1. The summed E-state index contributed by atoms with van der Waals surface area (Å²) in [5, 5.41) is 2.02. The number of rotatable bonds is 5. The molecule has 0 aliphatic rings. The first kappa shape index (κ1) is 14.0. The number of nitrogens with zero attached hydrogens (tertiary/aromatic N) is 1. The average molecular weight is 292 g/mol. The molecule has 100 valence electrons. The maximum Gasteiger partial charge on any atom is 0.233 e. The Morgan fingerprint density at radius 1 is 1.37 bits per heavy atom. The summed E-state index contributed by atoms with van der Waals surface area (Å²) >= 11 is 3.18. The Kier molecular flexibility index (Phi) is 4.87. The molecule has 1 heterocycles. The van der Waals surface area contributed by atoms with Crippen molar-refractivity contribution in [3.8, 4) is 0 Å². The van der Waals surface area contributed by atoms with Crippen LogP contribution in [-0.2, 0) is 11.3 Å². The zero-order valence-corrected chi connectivity index (χ0v) is 12.3. The molecule has 0 bridgehead atoms. The van der Waals surface area contributed by atoms with E-state index in [4.69, 9.17) is 5.73 Å². The normalized spacial score (nSPS) is 10.4. The van der Waals surface area contributed by atoms with Crippen LogP contribution in [0.2, 0.25) is 0 Å². The minimum atomic E-state index is 0.126. The van der Waals surface area contributed by atoms with Crippen LogP contribution in [0.1, 0.15) is 4.88 Å². The van der Waals surface area contributed by atoms with E-state index in [9.17, 15) is 4.79 Å². The van der Waals surface area contributed by atoms with E-state index in [2.05, 4.69) is 0 Å². The van der Waals surface area contributed by atoms with Crippen molar-refractivity contribution in [2.75, 3.05) is 18.5 Å². The van der Waals surface area contributed by atoms with Crippen LogP contribution in [0.3, 0.4) is 0 Å². The van der Waals surface area contributed by atoms with Crippen molar-refractivity contribution in [1.82, 2.24) is 4.90 Å². The Morgan fingerprint density at radius 3 is 2.89 bits per heavy atom. The van der Waals surface area contributed by atoms with Crippen molar-refractivity contribution in [1.29, 1.82) is 0 Å². The molecule has 1 amide bonds. The van der Waals surface area contributed by atoms with Crippen LogP contribution in [0.5, 0.6) is 0 Å². The van der Waals surface area contributed by atoms with Gasteiger partial charge in [-0.25, -0.2) is 0 Å². The molecule has 0 saturated heterocycles. The molecule has 0 spiro atoms. The Balaban J connectivity index is 1.84. The molecule has 2 rings (SSSR count). The summed E-state index contributed by atoms with van der Waals surface area (Å²) in [5.41, 5.74) is 6.43. The minimum Gasteiger partial charge on any atom is -0.399 e. The highest BCUT2D eigenvalue weighted by molar-refractivity contribution is 8.00. The highest BCUT2D eigenvalue weighted by atomic mass is 32.2. The molecule has 0 saturated carbocycles. The Labute approximate surface area is 121 Å². The fourth-order valence-electron chi connectivity index (χ4n) is 1.58. The van der Waals surface area contributed by atoms with Crippen LogP contribution < -0.4 is 5.73 Å². The lowest BCUT2D eigenvalue weighted by Gasteiger charge is -2.15. The van der Waals surface area contributed by atoms with Crippen LogP contribution in [-0.4, -0.2) is 23.6 Å². The van der Waals surface area contributed by atoms with E-state index in [1.165, 1.54) is 16.6 Å². The number of hydrogen-bond acceptors (Lipinski definition) is 4. The maximum absolute atomic E-state index is 12.0. The molecule has 2 N–H and O–H groups in total. The third kappa shape index (κ3) is 4.29. The van der Waals surface area contributed by atoms with Gasteiger partial charge in [0.1, 0.15) is 0 Å². The van der Waals surface area contributed by atoms with Gasteiger partial charge >= 0.3 is 0 Å². The standard InChI is InChI=1S/C14H16N2OS2/c1-16(9-13-6-3-7-18-13)14(17)10-19-12-5-2-4-11(15)8-12/h2-8H,9-10,15H2,1H3. The van der Waals surface area contributed by atoms with Crippen molar-refractivity contribution in [3.63, 3.8) is 0 Å². The predicted molar refractivity (Wildman–Crippen MR) is 82.4 cm³/mol. The van der Waals surface area contributed by atoms with Crippen molar-refractivity contribution < 1.29 is 4.79 Å². The number of thioether (sulfide) groups is 1. The molecule has 2 aromatic rings. The van der Waals surface area contributed by atoms with Gasteiger partial charge in [-0.05, 0) is 29.6 Å². The van der Waals surface area contributed by atoms with Crippen LogP contribution in [0.25, 0.3) is 0 Å². The molecule has 0 aliphatic carbocycles. The van der Waals surface area contributed by atoms with Gasteiger partial charge in [0.05, 0.1) is 12.3 Å². The molecule has 0 radical (unpaired) electrons. The minimum absolute atomic E-state index is 0.126. The number of benzene rings is 1. The van der Waals surface area contributed by atoms with Gasteiger partial charge in [0.2, 0.25) is 5.91 Å². The second kappa shape index (κ2) is 6.63. The lowest BCUT2D eigenvalue weighted by Crippen LogP contribution is -2.27. The van der Waals surface area contributed by atoms with E-state index in [0.29, 0.717) is 12.3 Å². The van der Waals surface area contributed by atoms with E-state index in [0.717, 1.165) is 10.6 Å². The van der Waals surface area contributed by atoms with Gasteiger partial charge in [0.15, 0.2) is 0 Å². The summed E-state index contributed by atoms with van der Waals surface area (Å²) in [7, 11) is 1.84. The summed E-state index contributed by atoms with van der Waals surface area (Å²) < 4.78 is 0. The van der Waals surface area contributed by atoms with E-state index < -0.39 is 0 Å². The number of amides is 1. The molecule has 1 aromatic heterocycles. The Morgan fingerprint density at radius 2 is 2.21 bits per heavy atom. The highest BCUT2D eigenvalue weighted by Gasteiger charge is 2.10. The molecule has 19 heavy (non-hydrogen) atoms. The maximum atomic E-state index is 12.0. The second-order valence-corrected chi connectivity index (χ2v) is 6.27. The van der Waals surface area contributed by atoms with Crippen LogP contribution in [0.15, 0.2) is 46.7 Å². The summed E-state index contributed by atoms with van der Waals surface area (Å²) in [6, 6.07) is 11.6. The molecule has 0 aliphatic heterocycles. The predicted octanol–water partition coefficient (Wildman–Crippen LogP) is 3.08. The summed E-state index contributed by atoms with van der Waals surface area (Å²) in [6.45, 7) is 0.675. The monoisotopic (exact) mass is 292 g/mol. The molecular weight excluding hydrogens is 276 g/mol. The SMILES string of the molecule is CN(Cc1cccs1)C(=O)CSc1cccc(N)c1. The van der Waals surface area contributed by atoms with Gasteiger partial charge in [0.25, 0.3) is 0 Å². The number of nitrogen functional groups attached to an aromatic ring is 1. The molecule has 0 unspecified atom stereocenters. The van der Waals surface area contributed by atoms with Gasteiger partial charge in [-0.2, -0.15) is 0 Å². The lowest BCUT2D eigenvalue weighted by atomic mass is 10.3. The Bertz CT molecular complexity index is 540. The summed E-state index contributed by atoms with van der Waals surface area (Å²) in [6.07, 6.45) is 0. The second-order valence-electron chi connectivity index (χ2n) is 4.19. The van der Waals surface area contributed by atoms with E-state index in [1.807, 2.05) is 48.8 Å². The van der Waals surface area contributed by atoms with Crippen LogP contribution >= 0.6 is 23.1 Å². The zero-order chi connectivity index (χ0) is 13.7. The highest BCUT2D eigenvalue weighted by Crippen LogP contribution is 2.20. The smallest absolute Gasteiger partial charge is 0.233 e. The first-order valence-corrected chi connectivity index (χ1v) is 7.76. The number of carbonyl (C=O) groups excluding carboxylic acids is 1. The number of nitrogens with two attached hydrogens (primary N) is 1. The number of carbonyl (C=O) groups is 1. The fourth-order valence-corrected chi connectivity index (χ4v) is 3.25. The number of thiophene rings is 1. The number of hydrogen-bond donors (Lipinski definition) is 1. The van der Waals surface area contributed by atoms with Crippen molar-refractivity contribution >= 4 is 34.7 Å². The fraction of sp³-hybridized carbons (Fsp3) is 0.214. The largest absolute Gasteiger partial charge is 0.399 e. The van der Waals surface area contributed by atoms with Crippen LogP contribution in [0.4, 0.5) is 5.69 Å². The molecule has 0 atom stereocenters. The summed E-state index contributed by atoms with van der Waals surface area (Å²) in [4.78, 5) is 16.0. The summed E-state index contributed by atoms with van der Waals surface area (Å²) in [5.74, 6) is 0.562. The molecule has 5 heteroatoms. The van der Waals surface area contributed by atoms with Crippen molar-refractivity contribution in [3.05, 3.63) is 46.7 Å². The van der Waals surface area contributed by atoms with Gasteiger partial charge in [0, 0.05) is 22.5 Å². The quantitative estimate of drug-likeness (QED) is 0.680. The first-order valence-electron chi connectivity index (χ1n) is 5.90. The zero-order valence-electron chi connectivity index (χ0n) is 10.7. The lowest BCUT2D eigenvalue weighted by molar-refractivity contribution is -0.127. The van der Waals surface area contributed by atoms with Gasteiger partial charge < -0.3 is 10.6 Å².